The Labute approximate surface area is 169 Å². The van der Waals surface area contributed by atoms with Crippen LogP contribution >= 0.6 is 0 Å². The van der Waals surface area contributed by atoms with Gasteiger partial charge in [-0.3, -0.25) is 14.3 Å². The molecule has 8 heteroatoms. The van der Waals surface area contributed by atoms with Gasteiger partial charge in [-0.15, -0.1) is 0 Å². The highest BCUT2D eigenvalue weighted by molar-refractivity contribution is 5.79. The first kappa shape index (κ1) is 17.7. The SMILES string of the molecule is N#Cc1c(F)cccc1-c1cc2c(n(-c3cncnc3)c1=O)COc1cccnc1-2. The van der Waals surface area contributed by atoms with Crippen molar-refractivity contribution in [1.82, 2.24) is 19.5 Å². The summed E-state index contributed by atoms with van der Waals surface area (Å²) in [6, 6.07) is 11.3. The number of hydrogen-bond donors (Lipinski definition) is 0. The maximum Gasteiger partial charge on any atom is 0.263 e. The highest BCUT2D eigenvalue weighted by atomic mass is 19.1. The Kier molecular flexibility index (Phi) is 4.07. The van der Waals surface area contributed by atoms with Gasteiger partial charge in [-0.05, 0) is 24.3 Å². The number of rotatable bonds is 2. The Bertz CT molecular complexity index is 1390. The van der Waals surface area contributed by atoms with Gasteiger partial charge in [0.2, 0.25) is 0 Å². The average molecular weight is 397 g/mol. The molecule has 7 nitrogen and oxygen atoms in total. The van der Waals surface area contributed by atoms with E-state index in [-0.39, 0.29) is 23.3 Å². The van der Waals surface area contributed by atoms with E-state index in [1.807, 2.05) is 6.07 Å². The van der Waals surface area contributed by atoms with Crippen LogP contribution in [0.25, 0.3) is 28.1 Å². The second-order valence-electron chi connectivity index (χ2n) is 6.57. The molecule has 144 valence electrons. The van der Waals surface area contributed by atoms with Crippen LogP contribution in [-0.2, 0) is 6.61 Å². The van der Waals surface area contributed by atoms with Crippen LogP contribution in [0.4, 0.5) is 4.39 Å². The van der Waals surface area contributed by atoms with Gasteiger partial charge in [-0.25, -0.2) is 14.4 Å². The molecule has 1 aliphatic heterocycles. The zero-order valence-corrected chi connectivity index (χ0v) is 15.4. The van der Waals surface area contributed by atoms with Crippen molar-refractivity contribution in [3.63, 3.8) is 0 Å². The Hall–Kier alpha value is -4.38. The molecule has 1 aliphatic rings. The lowest BCUT2D eigenvalue weighted by molar-refractivity contribution is 0.292. The lowest BCUT2D eigenvalue weighted by atomic mass is 9.96. The van der Waals surface area contributed by atoms with E-state index in [0.717, 1.165) is 0 Å². The molecule has 3 aromatic heterocycles. The molecule has 0 saturated carbocycles. The van der Waals surface area contributed by atoms with Gasteiger partial charge in [0.25, 0.3) is 5.56 Å². The molecule has 0 fully saturated rings. The zero-order chi connectivity index (χ0) is 20.7. The van der Waals surface area contributed by atoms with Gasteiger partial charge >= 0.3 is 0 Å². The number of ether oxygens (including phenoxy) is 1. The minimum Gasteiger partial charge on any atom is -0.485 e. The van der Waals surface area contributed by atoms with Gasteiger partial charge in [0.15, 0.2) is 0 Å². The third kappa shape index (κ3) is 2.64. The number of benzene rings is 1. The summed E-state index contributed by atoms with van der Waals surface area (Å²) in [5, 5.41) is 9.48. The van der Waals surface area contributed by atoms with Crippen molar-refractivity contribution in [3.8, 4) is 39.9 Å². The van der Waals surface area contributed by atoms with Crippen LogP contribution in [0.15, 0.2) is 66.1 Å². The van der Waals surface area contributed by atoms with Crippen LogP contribution in [0.1, 0.15) is 11.3 Å². The Morgan fingerprint density at radius 2 is 1.93 bits per heavy atom. The lowest BCUT2D eigenvalue weighted by Crippen LogP contribution is -2.27. The van der Waals surface area contributed by atoms with Gasteiger partial charge in [0.1, 0.15) is 36.3 Å². The molecule has 1 aromatic carbocycles. The van der Waals surface area contributed by atoms with E-state index in [2.05, 4.69) is 15.0 Å². The minimum absolute atomic E-state index is 0.132. The Balaban J connectivity index is 1.91. The standard InChI is InChI=1S/C22H12FN5O2/c23-18-4-1-3-14(17(18)8-24)15-7-16-19(11-30-20-5-2-6-27-21(16)20)28(22(15)29)13-9-25-12-26-10-13/h1-7,9-10,12H,11H2. The van der Waals surface area contributed by atoms with E-state index >= 15 is 0 Å². The maximum absolute atomic E-state index is 14.3. The third-order valence-corrected chi connectivity index (χ3v) is 4.91. The molecule has 0 amide bonds. The quantitative estimate of drug-likeness (QED) is 0.515. The normalized spacial score (nSPS) is 11.7. The molecule has 4 aromatic rings. The monoisotopic (exact) mass is 397 g/mol. The number of halogens is 1. The van der Waals surface area contributed by atoms with E-state index in [4.69, 9.17) is 4.74 Å². The van der Waals surface area contributed by atoms with Crippen molar-refractivity contribution in [2.75, 3.05) is 0 Å². The predicted molar refractivity (Wildman–Crippen MR) is 105 cm³/mol. The first-order valence-corrected chi connectivity index (χ1v) is 9.00. The lowest BCUT2D eigenvalue weighted by Gasteiger charge is -2.24. The van der Waals surface area contributed by atoms with Crippen LogP contribution in [-0.4, -0.2) is 19.5 Å². The van der Waals surface area contributed by atoms with Crippen molar-refractivity contribution >= 4 is 0 Å². The molecule has 0 atom stereocenters. The first-order valence-electron chi connectivity index (χ1n) is 9.00. The van der Waals surface area contributed by atoms with Crippen molar-refractivity contribution in [2.45, 2.75) is 6.61 Å². The second kappa shape index (κ2) is 6.90. The summed E-state index contributed by atoms with van der Waals surface area (Å²) in [6.45, 7) is 0.132. The molecule has 0 radical (unpaired) electrons. The van der Waals surface area contributed by atoms with Crippen LogP contribution in [0.2, 0.25) is 0 Å². The molecule has 0 aliphatic carbocycles. The summed E-state index contributed by atoms with van der Waals surface area (Å²) in [6.07, 6.45) is 5.99. The van der Waals surface area contributed by atoms with E-state index < -0.39 is 11.4 Å². The molecule has 30 heavy (non-hydrogen) atoms. The fourth-order valence-corrected chi connectivity index (χ4v) is 3.59. The highest BCUT2D eigenvalue weighted by Crippen LogP contribution is 2.38. The van der Waals surface area contributed by atoms with E-state index in [1.54, 1.807) is 30.5 Å². The molecule has 4 heterocycles. The number of nitrogens with zero attached hydrogens (tertiary/aromatic N) is 5. The summed E-state index contributed by atoms with van der Waals surface area (Å²) >= 11 is 0. The number of fused-ring (bicyclic) bond motifs is 3. The summed E-state index contributed by atoms with van der Waals surface area (Å²) in [7, 11) is 0. The van der Waals surface area contributed by atoms with Crippen LogP contribution in [0.3, 0.4) is 0 Å². The average Bonchev–Trinajstić information content (AvgIpc) is 2.79. The van der Waals surface area contributed by atoms with Crippen LogP contribution < -0.4 is 10.3 Å². The van der Waals surface area contributed by atoms with Crippen molar-refractivity contribution in [3.05, 3.63) is 88.7 Å². The fraction of sp³-hybridized carbons (Fsp3) is 0.0455. The van der Waals surface area contributed by atoms with Crippen molar-refractivity contribution in [1.29, 1.82) is 5.26 Å². The summed E-state index contributed by atoms with van der Waals surface area (Å²) in [5.41, 5.74) is 1.96. The van der Waals surface area contributed by atoms with E-state index in [0.29, 0.717) is 28.4 Å². The Morgan fingerprint density at radius 3 is 2.73 bits per heavy atom. The van der Waals surface area contributed by atoms with Crippen molar-refractivity contribution in [2.24, 2.45) is 0 Å². The summed E-state index contributed by atoms with van der Waals surface area (Å²) in [5.74, 6) is -0.117. The number of pyridine rings is 2. The molecule has 0 saturated heterocycles. The smallest absolute Gasteiger partial charge is 0.263 e. The van der Waals surface area contributed by atoms with Gasteiger partial charge in [-0.2, -0.15) is 5.26 Å². The van der Waals surface area contributed by atoms with Crippen LogP contribution in [0.5, 0.6) is 5.75 Å². The first-order chi connectivity index (χ1) is 14.7. The van der Waals surface area contributed by atoms with Gasteiger partial charge < -0.3 is 4.74 Å². The van der Waals surface area contributed by atoms with Crippen molar-refractivity contribution < 1.29 is 9.13 Å². The second-order valence-corrected chi connectivity index (χ2v) is 6.57. The Morgan fingerprint density at radius 1 is 1.10 bits per heavy atom. The van der Waals surface area contributed by atoms with E-state index in [9.17, 15) is 14.4 Å². The highest BCUT2D eigenvalue weighted by Gasteiger charge is 2.26. The summed E-state index contributed by atoms with van der Waals surface area (Å²) in [4.78, 5) is 26.0. The molecular formula is C22H12FN5O2. The molecule has 5 rings (SSSR count). The fourth-order valence-electron chi connectivity index (χ4n) is 3.59. The molecule has 0 N–H and O–H groups in total. The third-order valence-electron chi connectivity index (χ3n) is 4.91. The van der Waals surface area contributed by atoms with Gasteiger partial charge in [0.05, 0.1) is 29.3 Å². The van der Waals surface area contributed by atoms with Gasteiger partial charge in [0, 0.05) is 22.9 Å². The number of nitriles is 1. The molecular weight excluding hydrogens is 385 g/mol. The zero-order valence-electron chi connectivity index (χ0n) is 15.4. The molecule has 0 unspecified atom stereocenters. The van der Waals surface area contributed by atoms with Crippen LogP contribution in [0, 0.1) is 17.1 Å². The number of hydrogen-bond acceptors (Lipinski definition) is 6. The van der Waals surface area contributed by atoms with E-state index in [1.165, 1.54) is 35.4 Å². The molecule has 0 bridgehead atoms. The summed E-state index contributed by atoms with van der Waals surface area (Å²) < 4.78 is 21.5. The topological polar surface area (TPSA) is 93.7 Å². The largest absolute Gasteiger partial charge is 0.485 e. The molecule has 0 spiro atoms. The maximum atomic E-state index is 14.3. The van der Waals surface area contributed by atoms with Gasteiger partial charge in [-0.1, -0.05) is 12.1 Å². The predicted octanol–water partition coefficient (Wildman–Crippen LogP) is 3.26. The number of aromatic nitrogens is 4. The minimum atomic E-state index is -0.691.